The largest absolute Gasteiger partial charge is 0.377 e. The van der Waals surface area contributed by atoms with E-state index in [1.165, 1.54) is 10.4 Å². The Kier molecular flexibility index (Phi) is 8.37. The van der Waals surface area contributed by atoms with Crippen LogP contribution in [0, 0.1) is 6.92 Å². The van der Waals surface area contributed by atoms with Crippen LogP contribution in [0.4, 0.5) is 0 Å². The van der Waals surface area contributed by atoms with Crippen molar-refractivity contribution in [2.75, 3.05) is 19.7 Å². The molecule has 7 heteroatoms. The highest BCUT2D eigenvalue weighted by atomic mass is 32.2. The van der Waals surface area contributed by atoms with Gasteiger partial charge in [-0.25, -0.2) is 8.42 Å². The average molecular weight is 419 g/mol. The normalized spacial score (nSPS) is 11.6. The molecule has 0 radical (unpaired) electrons. The second-order valence-corrected chi connectivity index (χ2v) is 8.64. The minimum absolute atomic E-state index is 0.136. The zero-order chi connectivity index (χ0) is 21.4. The van der Waals surface area contributed by atoms with Crippen LogP contribution in [-0.4, -0.2) is 38.3 Å². The molecule has 0 aromatic heterocycles. The molecule has 0 aliphatic heterocycles. The van der Waals surface area contributed by atoms with Gasteiger partial charge in [0.05, 0.1) is 11.5 Å². The van der Waals surface area contributed by atoms with Crippen molar-refractivity contribution in [2.24, 2.45) is 0 Å². The van der Waals surface area contributed by atoms with E-state index in [4.69, 9.17) is 4.74 Å². The Bertz CT molecular complexity index is 920. The molecule has 2 aromatic carbocycles. The molecule has 0 aliphatic carbocycles. The fourth-order valence-corrected chi connectivity index (χ4v) is 4.45. The van der Waals surface area contributed by atoms with E-state index in [0.717, 1.165) is 16.7 Å². The lowest BCUT2D eigenvalue weighted by Gasteiger charge is -2.19. The van der Waals surface area contributed by atoms with Crippen LogP contribution in [0.1, 0.15) is 47.8 Å². The maximum atomic E-state index is 12.8. The van der Waals surface area contributed by atoms with Crippen molar-refractivity contribution in [1.29, 1.82) is 0 Å². The van der Waals surface area contributed by atoms with Crippen molar-refractivity contribution in [3.05, 3.63) is 64.7 Å². The summed E-state index contributed by atoms with van der Waals surface area (Å²) in [5.41, 5.74) is 3.13. The molecule has 0 bridgehead atoms. The third kappa shape index (κ3) is 5.88. The first-order valence-corrected chi connectivity index (χ1v) is 11.3. The molecule has 6 nitrogen and oxygen atoms in total. The van der Waals surface area contributed by atoms with Crippen LogP contribution in [0.2, 0.25) is 0 Å². The van der Waals surface area contributed by atoms with E-state index in [2.05, 4.69) is 5.32 Å². The molecule has 158 valence electrons. The van der Waals surface area contributed by atoms with Gasteiger partial charge >= 0.3 is 0 Å². The Labute approximate surface area is 173 Å². The summed E-state index contributed by atoms with van der Waals surface area (Å²) >= 11 is 0. The molecule has 0 saturated heterocycles. The molecule has 0 unspecified atom stereocenters. The molecule has 0 saturated carbocycles. The highest BCUT2D eigenvalue weighted by Gasteiger charge is 2.23. The Morgan fingerprint density at radius 1 is 1.00 bits per heavy atom. The number of carbonyl (C=O) groups excluding carboxylic acids is 1. The quantitative estimate of drug-likeness (QED) is 0.641. The summed E-state index contributed by atoms with van der Waals surface area (Å²) < 4.78 is 32.3. The van der Waals surface area contributed by atoms with Gasteiger partial charge in [0.2, 0.25) is 10.0 Å². The Morgan fingerprint density at radius 2 is 1.62 bits per heavy atom. The second kappa shape index (κ2) is 10.5. The number of benzene rings is 2. The molecule has 0 heterocycles. The lowest BCUT2D eigenvalue weighted by molar-refractivity contribution is 0.0950. The standard InChI is InChI=1S/C22H30N2O4S/c1-5-24(6-2)29(26,27)20-13-8-17(4)21(14-20)22(25)23-15-18-9-11-19(12-10-18)16-28-7-3/h8-14H,5-7,15-16H2,1-4H3,(H,23,25). The third-order valence-electron chi connectivity index (χ3n) is 4.75. The number of rotatable bonds is 10. The third-order valence-corrected chi connectivity index (χ3v) is 6.79. The molecular weight excluding hydrogens is 388 g/mol. The Morgan fingerprint density at radius 3 is 2.21 bits per heavy atom. The van der Waals surface area contributed by atoms with Crippen LogP contribution in [0.15, 0.2) is 47.4 Å². The van der Waals surface area contributed by atoms with Crippen LogP contribution in [0.5, 0.6) is 0 Å². The van der Waals surface area contributed by atoms with Crippen molar-refractivity contribution < 1.29 is 17.9 Å². The number of hydrogen-bond donors (Lipinski definition) is 1. The number of aryl methyl sites for hydroxylation is 1. The van der Waals surface area contributed by atoms with E-state index in [1.54, 1.807) is 32.9 Å². The Hall–Kier alpha value is -2.22. The topological polar surface area (TPSA) is 75.7 Å². The molecule has 29 heavy (non-hydrogen) atoms. The summed E-state index contributed by atoms with van der Waals surface area (Å²) in [6, 6.07) is 12.5. The first-order chi connectivity index (χ1) is 13.8. The van der Waals surface area contributed by atoms with Crippen LogP contribution in [0.25, 0.3) is 0 Å². The minimum Gasteiger partial charge on any atom is -0.377 e. The predicted octanol–water partition coefficient (Wildman–Crippen LogP) is 3.49. The number of sulfonamides is 1. The smallest absolute Gasteiger partial charge is 0.251 e. The van der Waals surface area contributed by atoms with E-state index < -0.39 is 10.0 Å². The summed E-state index contributed by atoms with van der Waals surface area (Å²) in [7, 11) is -3.61. The fraction of sp³-hybridized carbons (Fsp3) is 0.409. The van der Waals surface area contributed by atoms with Gasteiger partial charge in [0.15, 0.2) is 0 Å². The molecule has 0 atom stereocenters. The van der Waals surface area contributed by atoms with Crippen molar-refractivity contribution in [1.82, 2.24) is 9.62 Å². The van der Waals surface area contributed by atoms with Gasteiger partial charge in [0, 0.05) is 31.8 Å². The number of ether oxygens (including phenoxy) is 1. The van der Waals surface area contributed by atoms with Gasteiger partial charge in [-0.05, 0) is 42.7 Å². The van der Waals surface area contributed by atoms with Gasteiger partial charge in [0.1, 0.15) is 0 Å². The average Bonchev–Trinajstić information content (AvgIpc) is 2.72. The summed E-state index contributed by atoms with van der Waals surface area (Å²) in [4.78, 5) is 12.8. The van der Waals surface area contributed by atoms with Crippen molar-refractivity contribution >= 4 is 15.9 Å². The van der Waals surface area contributed by atoms with Crippen molar-refractivity contribution in [3.63, 3.8) is 0 Å². The number of carbonyl (C=O) groups is 1. The lowest BCUT2D eigenvalue weighted by atomic mass is 10.1. The van der Waals surface area contributed by atoms with Gasteiger partial charge in [0.25, 0.3) is 5.91 Å². The predicted molar refractivity (Wildman–Crippen MR) is 114 cm³/mol. The van der Waals surface area contributed by atoms with E-state index >= 15 is 0 Å². The zero-order valence-corrected chi connectivity index (χ0v) is 18.4. The highest BCUT2D eigenvalue weighted by Crippen LogP contribution is 2.20. The van der Waals surface area contributed by atoms with E-state index in [1.807, 2.05) is 31.2 Å². The highest BCUT2D eigenvalue weighted by molar-refractivity contribution is 7.89. The second-order valence-electron chi connectivity index (χ2n) is 6.70. The van der Waals surface area contributed by atoms with Gasteiger partial charge in [-0.15, -0.1) is 0 Å². The molecule has 2 rings (SSSR count). The molecule has 1 amide bonds. The van der Waals surface area contributed by atoms with E-state index in [9.17, 15) is 13.2 Å². The van der Waals surface area contributed by atoms with Gasteiger partial charge in [-0.1, -0.05) is 44.2 Å². The van der Waals surface area contributed by atoms with Gasteiger partial charge in [-0.2, -0.15) is 4.31 Å². The molecule has 2 aromatic rings. The number of hydrogen-bond acceptors (Lipinski definition) is 4. The number of nitrogens with one attached hydrogen (secondary N) is 1. The minimum atomic E-state index is -3.61. The number of nitrogens with zero attached hydrogens (tertiary/aromatic N) is 1. The first kappa shape index (κ1) is 23.1. The van der Waals surface area contributed by atoms with Crippen molar-refractivity contribution in [3.8, 4) is 0 Å². The molecule has 0 aliphatic rings. The maximum absolute atomic E-state index is 12.8. The number of amides is 1. The monoisotopic (exact) mass is 418 g/mol. The van der Waals surface area contributed by atoms with Crippen molar-refractivity contribution in [2.45, 2.75) is 45.7 Å². The molecule has 0 fully saturated rings. The SMILES string of the molecule is CCOCc1ccc(CNC(=O)c2cc(S(=O)(=O)N(CC)CC)ccc2C)cc1. The zero-order valence-electron chi connectivity index (χ0n) is 17.6. The Balaban J connectivity index is 2.12. The van der Waals surface area contributed by atoms with Gasteiger partial charge in [-0.3, -0.25) is 4.79 Å². The van der Waals surface area contributed by atoms with Crippen LogP contribution in [0.3, 0.4) is 0 Å². The first-order valence-electron chi connectivity index (χ1n) is 9.88. The lowest BCUT2D eigenvalue weighted by Crippen LogP contribution is -2.31. The van der Waals surface area contributed by atoms with Crippen LogP contribution in [-0.2, 0) is 27.9 Å². The summed E-state index contributed by atoms with van der Waals surface area (Å²) in [5, 5.41) is 2.88. The summed E-state index contributed by atoms with van der Waals surface area (Å²) in [6.07, 6.45) is 0. The fourth-order valence-electron chi connectivity index (χ4n) is 2.97. The molecular formula is C22H30N2O4S. The van der Waals surface area contributed by atoms with Crippen LogP contribution < -0.4 is 5.32 Å². The molecule has 1 N–H and O–H groups in total. The maximum Gasteiger partial charge on any atom is 0.251 e. The van der Waals surface area contributed by atoms with E-state index in [-0.39, 0.29) is 10.8 Å². The summed E-state index contributed by atoms with van der Waals surface area (Å²) in [6.45, 7) is 9.70. The summed E-state index contributed by atoms with van der Waals surface area (Å²) in [5.74, 6) is -0.294. The molecule has 0 spiro atoms. The van der Waals surface area contributed by atoms with Crippen LogP contribution >= 0.6 is 0 Å². The van der Waals surface area contributed by atoms with Gasteiger partial charge < -0.3 is 10.1 Å². The van der Waals surface area contributed by atoms with E-state index in [0.29, 0.717) is 38.4 Å².